The maximum atomic E-state index is 11.4. The molecule has 0 atom stereocenters. The lowest BCUT2D eigenvalue weighted by Crippen LogP contribution is -2.39. The molecule has 5 heteroatoms. The second kappa shape index (κ2) is 7.01. The van der Waals surface area contributed by atoms with Crippen molar-refractivity contribution in [3.05, 3.63) is 23.9 Å². The second-order valence-electron chi connectivity index (χ2n) is 5.35. The van der Waals surface area contributed by atoms with Gasteiger partial charge in [0, 0.05) is 53.7 Å². The molecule has 1 saturated heterocycles. The maximum Gasteiger partial charge on any atom is 0.133 e. The Morgan fingerprint density at radius 1 is 1.42 bits per heavy atom. The fourth-order valence-corrected chi connectivity index (χ4v) is 3.25. The molecule has 106 valence electrons. The Labute approximate surface area is 118 Å². The number of nitrogens with one attached hydrogen (secondary N) is 1. The molecular weight excluding hydrogens is 258 g/mol. The van der Waals surface area contributed by atoms with Crippen LogP contribution in [0.4, 0.5) is 5.82 Å². The molecule has 0 saturated carbocycles. The Kier molecular flexibility index (Phi) is 5.34. The van der Waals surface area contributed by atoms with Crippen LogP contribution in [-0.2, 0) is 17.3 Å². The molecule has 19 heavy (non-hydrogen) atoms. The Morgan fingerprint density at radius 3 is 2.84 bits per heavy atom. The first-order valence-corrected chi connectivity index (χ1v) is 8.40. The molecule has 1 aliphatic rings. The average Bonchev–Trinajstić information content (AvgIpc) is 2.40. The van der Waals surface area contributed by atoms with Gasteiger partial charge in [0.2, 0.25) is 0 Å². The Morgan fingerprint density at radius 2 is 2.16 bits per heavy atom. The van der Waals surface area contributed by atoms with Gasteiger partial charge in [0.1, 0.15) is 5.82 Å². The lowest BCUT2D eigenvalue weighted by Gasteiger charge is -2.29. The first-order chi connectivity index (χ1) is 9.16. The van der Waals surface area contributed by atoms with Gasteiger partial charge in [0.15, 0.2) is 0 Å². The number of nitrogens with zero attached hydrogens (tertiary/aromatic N) is 2. The normalized spacial score (nSPS) is 17.1. The molecule has 0 bridgehead atoms. The van der Waals surface area contributed by atoms with Crippen molar-refractivity contribution in [2.24, 2.45) is 5.92 Å². The van der Waals surface area contributed by atoms with Crippen LogP contribution < -0.4 is 10.2 Å². The zero-order valence-corrected chi connectivity index (χ0v) is 12.6. The van der Waals surface area contributed by atoms with E-state index in [9.17, 15) is 4.21 Å². The van der Waals surface area contributed by atoms with Crippen molar-refractivity contribution in [1.82, 2.24) is 10.3 Å². The summed E-state index contributed by atoms with van der Waals surface area (Å²) in [4.78, 5) is 6.77. The minimum Gasteiger partial charge on any atom is -0.355 e. The number of aromatic nitrogens is 1. The molecule has 0 spiro atoms. The van der Waals surface area contributed by atoms with Gasteiger partial charge in [-0.25, -0.2) is 4.98 Å². The minimum atomic E-state index is -0.638. The van der Waals surface area contributed by atoms with Crippen LogP contribution in [0.3, 0.4) is 0 Å². The van der Waals surface area contributed by atoms with Crippen LogP contribution in [0, 0.1) is 5.92 Å². The van der Waals surface area contributed by atoms with E-state index in [0.717, 1.165) is 43.5 Å². The van der Waals surface area contributed by atoms with E-state index in [4.69, 9.17) is 0 Å². The molecular formula is C14H23N3OS. The highest BCUT2D eigenvalue weighted by atomic mass is 32.2. The summed E-state index contributed by atoms with van der Waals surface area (Å²) in [5.74, 6) is 3.22. The summed E-state index contributed by atoms with van der Waals surface area (Å²) in [5, 5.41) is 3.46. The molecule has 1 aromatic rings. The van der Waals surface area contributed by atoms with E-state index in [-0.39, 0.29) is 0 Å². The van der Waals surface area contributed by atoms with Gasteiger partial charge in [-0.05, 0) is 18.5 Å². The van der Waals surface area contributed by atoms with Crippen LogP contribution in [0.25, 0.3) is 0 Å². The van der Waals surface area contributed by atoms with E-state index >= 15 is 0 Å². The van der Waals surface area contributed by atoms with Gasteiger partial charge in [-0.15, -0.1) is 0 Å². The summed E-state index contributed by atoms with van der Waals surface area (Å²) in [6, 6.07) is 4.11. The smallest absolute Gasteiger partial charge is 0.133 e. The molecule has 0 aromatic carbocycles. The van der Waals surface area contributed by atoms with Crippen LogP contribution in [0.2, 0.25) is 0 Å². The van der Waals surface area contributed by atoms with Crippen LogP contribution >= 0.6 is 0 Å². The number of hydrogen-bond acceptors (Lipinski definition) is 4. The molecule has 1 fully saturated rings. The number of pyridine rings is 1. The van der Waals surface area contributed by atoms with E-state index in [1.165, 1.54) is 5.56 Å². The highest BCUT2D eigenvalue weighted by Crippen LogP contribution is 2.18. The van der Waals surface area contributed by atoms with E-state index in [0.29, 0.717) is 5.92 Å². The van der Waals surface area contributed by atoms with Gasteiger partial charge in [0.25, 0.3) is 0 Å². The topological polar surface area (TPSA) is 45.2 Å². The fourth-order valence-electron chi connectivity index (χ4n) is 2.20. The largest absolute Gasteiger partial charge is 0.355 e. The van der Waals surface area contributed by atoms with Crippen molar-refractivity contribution >= 4 is 16.6 Å². The SMILES string of the molecule is CC(C)CNCc1cccnc1N1CCS(=O)CC1. The van der Waals surface area contributed by atoms with Crippen molar-refractivity contribution in [1.29, 1.82) is 0 Å². The van der Waals surface area contributed by atoms with Gasteiger partial charge in [0.05, 0.1) is 0 Å². The summed E-state index contributed by atoms with van der Waals surface area (Å²) < 4.78 is 11.4. The molecule has 0 radical (unpaired) electrons. The Hall–Kier alpha value is -0.940. The number of hydrogen-bond donors (Lipinski definition) is 1. The molecule has 1 N–H and O–H groups in total. The van der Waals surface area contributed by atoms with Gasteiger partial charge < -0.3 is 10.2 Å². The van der Waals surface area contributed by atoms with Crippen LogP contribution in [0.15, 0.2) is 18.3 Å². The quantitative estimate of drug-likeness (QED) is 0.886. The van der Waals surface area contributed by atoms with E-state index < -0.39 is 10.8 Å². The van der Waals surface area contributed by atoms with E-state index in [1.807, 2.05) is 12.3 Å². The fraction of sp³-hybridized carbons (Fsp3) is 0.643. The van der Waals surface area contributed by atoms with Crippen LogP contribution in [0.5, 0.6) is 0 Å². The lowest BCUT2D eigenvalue weighted by molar-refractivity contribution is 0.551. The zero-order chi connectivity index (χ0) is 13.7. The molecule has 2 rings (SSSR count). The molecule has 1 aliphatic heterocycles. The highest BCUT2D eigenvalue weighted by molar-refractivity contribution is 7.85. The first kappa shape index (κ1) is 14.5. The standard InChI is InChI=1S/C14H23N3OS/c1-12(2)10-15-11-13-4-3-5-16-14(13)17-6-8-19(18)9-7-17/h3-5,12,15H,6-11H2,1-2H3. The van der Waals surface area contributed by atoms with Gasteiger partial charge in [-0.3, -0.25) is 4.21 Å². The van der Waals surface area contributed by atoms with Gasteiger partial charge in [-0.2, -0.15) is 0 Å². The molecule has 0 unspecified atom stereocenters. The number of rotatable bonds is 5. The van der Waals surface area contributed by atoms with Crippen molar-refractivity contribution in [3.8, 4) is 0 Å². The predicted octanol–water partition coefficient (Wildman–Crippen LogP) is 1.40. The van der Waals surface area contributed by atoms with E-state index in [1.54, 1.807) is 0 Å². The summed E-state index contributed by atoms with van der Waals surface area (Å²) in [5.41, 5.74) is 1.23. The third-order valence-electron chi connectivity index (χ3n) is 3.21. The molecule has 1 aromatic heterocycles. The monoisotopic (exact) mass is 281 g/mol. The zero-order valence-electron chi connectivity index (χ0n) is 11.8. The number of anilines is 1. The minimum absolute atomic E-state index is 0.638. The lowest BCUT2D eigenvalue weighted by atomic mass is 10.2. The summed E-state index contributed by atoms with van der Waals surface area (Å²) in [6.45, 7) is 7.97. The Balaban J connectivity index is 2.01. The maximum absolute atomic E-state index is 11.4. The third-order valence-corrected chi connectivity index (χ3v) is 4.49. The van der Waals surface area contributed by atoms with Crippen LogP contribution in [-0.4, -0.2) is 40.3 Å². The first-order valence-electron chi connectivity index (χ1n) is 6.91. The van der Waals surface area contributed by atoms with E-state index in [2.05, 4.69) is 35.1 Å². The van der Waals surface area contributed by atoms with Crippen molar-refractivity contribution in [2.75, 3.05) is 36.0 Å². The van der Waals surface area contributed by atoms with Gasteiger partial charge >= 0.3 is 0 Å². The van der Waals surface area contributed by atoms with Gasteiger partial charge in [-0.1, -0.05) is 19.9 Å². The predicted molar refractivity (Wildman–Crippen MR) is 80.9 cm³/mol. The average molecular weight is 281 g/mol. The summed E-state index contributed by atoms with van der Waals surface area (Å²) in [6.07, 6.45) is 1.84. The molecule has 0 aliphatic carbocycles. The highest BCUT2D eigenvalue weighted by Gasteiger charge is 2.18. The molecule has 0 amide bonds. The van der Waals surface area contributed by atoms with Crippen molar-refractivity contribution in [3.63, 3.8) is 0 Å². The molecule has 4 nitrogen and oxygen atoms in total. The van der Waals surface area contributed by atoms with Crippen molar-refractivity contribution in [2.45, 2.75) is 20.4 Å². The second-order valence-corrected chi connectivity index (χ2v) is 7.04. The van der Waals surface area contributed by atoms with Crippen LogP contribution in [0.1, 0.15) is 19.4 Å². The molecule has 2 heterocycles. The van der Waals surface area contributed by atoms with Crippen molar-refractivity contribution < 1.29 is 4.21 Å². The third kappa shape index (κ3) is 4.28. The summed E-state index contributed by atoms with van der Waals surface area (Å²) >= 11 is 0. The Bertz CT molecular complexity index is 426. The summed E-state index contributed by atoms with van der Waals surface area (Å²) in [7, 11) is -0.638.